The highest BCUT2D eigenvalue weighted by Gasteiger charge is 2.06. The lowest BCUT2D eigenvalue weighted by Crippen LogP contribution is -2.12. The Morgan fingerprint density at radius 2 is 2.10 bits per heavy atom. The number of nitrogens with zero attached hydrogens (tertiary/aromatic N) is 4. The Hall–Kier alpha value is -3.11. The number of nitrogens with two attached hydrogens (primary N) is 1. The van der Waals surface area contributed by atoms with Crippen LogP contribution in [0.25, 0.3) is 5.65 Å². The monoisotopic (exact) mass is 279 g/mol. The fourth-order valence-electron chi connectivity index (χ4n) is 2.00. The van der Waals surface area contributed by atoms with Crippen molar-refractivity contribution in [1.29, 1.82) is 5.26 Å². The molecule has 0 aliphatic rings. The van der Waals surface area contributed by atoms with E-state index in [1.54, 1.807) is 24.5 Å². The Bertz CT molecular complexity index is 798. The highest BCUT2D eigenvalue weighted by molar-refractivity contribution is 5.65. The third kappa shape index (κ3) is 2.61. The van der Waals surface area contributed by atoms with Crippen molar-refractivity contribution in [3.8, 4) is 6.07 Å². The van der Waals surface area contributed by atoms with E-state index in [9.17, 15) is 0 Å². The summed E-state index contributed by atoms with van der Waals surface area (Å²) in [7, 11) is 0. The lowest BCUT2D eigenvalue weighted by molar-refractivity contribution is 1.06. The molecule has 0 bridgehead atoms. The molecule has 0 saturated carbocycles. The molecule has 0 aliphatic carbocycles. The third-order valence-corrected chi connectivity index (χ3v) is 3.06. The van der Waals surface area contributed by atoms with Crippen molar-refractivity contribution >= 4 is 17.3 Å². The number of nitrogen functional groups attached to an aromatic ring is 1. The van der Waals surface area contributed by atoms with Crippen LogP contribution in [0.1, 0.15) is 11.1 Å². The van der Waals surface area contributed by atoms with E-state index in [0.29, 0.717) is 23.7 Å². The number of hydrogen-bond donors (Lipinski definition) is 3. The number of nitriles is 1. The molecule has 0 spiro atoms. The van der Waals surface area contributed by atoms with Gasteiger partial charge in [-0.25, -0.2) is 15.8 Å². The number of benzene rings is 1. The summed E-state index contributed by atoms with van der Waals surface area (Å²) in [5.41, 5.74) is 4.94. The molecule has 3 rings (SSSR count). The summed E-state index contributed by atoms with van der Waals surface area (Å²) in [5.74, 6) is 6.60. The molecule has 0 fully saturated rings. The molecule has 7 nitrogen and oxygen atoms in total. The second kappa shape index (κ2) is 5.48. The van der Waals surface area contributed by atoms with Gasteiger partial charge in [-0.05, 0) is 17.7 Å². The van der Waals surface area contributed by atoms with Crippen LogP contribution in [-0.2, 0) is 6.54 Å². The quantitative estimate of drug-likeness (QED) is 0.494. The maximum absolute atomic E-state index is 8.78. The van der Waals surface area contributed by atoms with Gasteiger partial charge in [0, 0.05) is 18.9 Å². The standard InChI is InChI=1S/C14H13N7/c15-7-10-1-3-11(4-2-10)8-18-13-14-17-5-6-21(14)9-12(19-13)20-16/h1-6,9,20H,8,16H2,(H,18,19). The van der Waals surface area contributed by atoms with Crippen molar-refractivity contribution in [2.75, 3.05) is 10.7 Å². The number of hydrogen-bond acceptors (Lipinski definition) is 6. The predicted molar refractivity (Wildman–Crippen MR) is 79.3 cm³/mol. The van der Waals surface area contributed by atoms with Gasteiger partial charge in [0.05, 0.1) is 17.8 Å². The van der Waals surface area contributed by atoms with Gasteiger partial charge in [0.2, 0.25) is 0 Å². The zero-order valence-electron chi connectivity index (χ0n) is 11.1. The number of anilines is 2. The fraction of sp³-hybridized carbons (Fsp3) is 0.0714. The number of imidazole rings is 1. The molecule has 0 aliphatic heterocycles. The number of rotatable bonds is 4. The van der Waals surface area contributed by atoms with Crippen molar-refractivity contribution in [3.63, 3.8) is 0 Å². The van der Waals surface area contributed by atoms with Gasteiger partial charge in [-0.1, -0.05) is 12.1 Å². The summed E-state index contributed by atoms with van der Waals surface area (Å²) >= 11 is 0. The molecule has 0 unspecified atom stereocenters. The van der Waals surface area contributed by atoms with Gasteiger partial charge in [0.25, 0.3) is 0 Å². The highest BCUT2D eigenvalue weighted by Crippen LogP contribution is 2.16. The Balaban J connectivity index is 1.83. The maximum Gasteiger partial charge on any atom is 0.180 e. The van der Waals surface area contributed by atoms with Crippen LogP contribution < -0.4 is 16.6 Å². The lowest BCUT2D eigenvalue weighted by Gasteiger charge is -2.09. The van der Waals surface area contributed by atoms with Crippen LogP contribution >= 0.6 is 0 Å². The van der Waals surface area contributed by atoms with Gasteiger partial charge in [0.15, 0.2) is 17.3 Å². The smallest absolute Gasteiger partial charge is 0.180 e. The molecule has 3 aromatic rings. The summed E-state index contributed by atoms with van der Waals surface area (Å²) in [6.45, 7) is 0.579. The van der Waals surface area contributed by atoms with Gasteiger partial charge in [-0.3, -0.25) is 0 Å². The lowest BCUT2D eigenvalue weighted by atomic mass is 10.1. The zero-order chi connectivity index (χ0) is 14.7. The van der Waals surface area contributed by atoms with E-state index in [4.69, 9.17) is 11.1 Å². The molecule has 21 heavy (non-hydrogen) atoms. The first-order valence-corrected chi connectivity index (χ1v) is 6.33. The first-order valence-electron chi connectivity index (χ1n) is 6.33. The fourth-order valence-corrected chi connectivity index (χ4v) is 2.00. The third-order valence-electron chi connectivity index (χ3n) is 3.06. The normalized spacial score (nSPS) is 10.3. The molecule has 104 valence electrons. The van der Waals surface area contributed by atoms with Gasteiger partial charge in [-0.15, -0.1) is 0 Å². The van der Waals surface area contributed by atoms with Crippen molar-refractivity contribution in [3.05, 3.63) is 54.0 Å². The van der Waals surface area contributed by atoms with Crippen molar-refractivity contribution < 1.29 is 0 Å². The van der Waals surface area contributed by atoms with Gasteiger partial charge < -0.3 is 15.1 Å². The van der Waals surface area contributed by atoms with E-state index in [0.717, 1.165) is 11.2 Å². The minimum Gasteiger partial charge on any atom is -0.363 e. The van der Waals surface area contributed by atoms with Gasteiger partial charge in [0.1, 0.15) is 0 Å². The number of fused-ring (bicyclic) bond motifs is 1. The summed E-state index contributed by atoms with van der Waals surface area (Å²) in [5, 5.41) is 12.0. The molecular weight excluding hydrogens is 266 g/mol. The highest BCUT2D eigenvalue weighted by atomic mass is 15.3. The van der Waals surface area contributed by atoms with Crippen LogP contribution in [0.15, 0.2) is 42.9 Å². The van der Waals surface area contributed by atoms with Crippen LogP contribution in [0.4, 0.5) is 11.6 Å². The molecule has 0 radical (unpaired) electrons. The molecule has 7 heteroatoms. The van der Waals surface area contributed by atoms with Crippen molar-refractivity contribution in [2.45, 2.75) is 6.54 Å². The molecule has 0 saturated heterocycles. The SMILES string of the molecule is N#Cc1ccc(CNc2nc(NN)cn3ccnc23)cc1. The van der Waals surface area contributed by atoms with E-state index < -0.39 is 0 Å². The second-order valence-electron chi connectivity index (χ2n) is 4.44. The first-order chi connectivity index (χ1) is 10.3. The number of aromatic nitrogens is 3. The minimum absolute atomic E-state index is 0.544. The van der Waals surface area contributed by atoms with Crippen molar-refractivity contribution in [2.24, 2.45) is 5.84 Å². The molecule has 2 heterocycles. The van der Waals surface area contributed by atoms with E-state index in [1.165, 1.54) is 0 Å². The Kier molecular flexibility index (Phi) is 3.37. The Labute approximate surface area is 121 Å². The summed E-state index contributed by atoms with van der Waals surface area (Å²) in [6.07, 6.45) is 5.28. The molecular formula is C14H13N7. The first kappa shape index (κ1) is 12.9. The predicted octanol–water partition coefficient (Wildman–Crippen LogP) is 1.50. The van der Waals surface area contributed by atoms with Crippen LogP contribution in [-0.4, -0.2) is 14.4 Å². The topological polar surface area (TPSA) is 104 Å². The average molecular weight is 279 g/mol. The number of hydrazine groups is 1. The summed E-state index contributed by atoms with van der Waals surface area (Å²) in [6, 6.07) is 9.47. The Morgan fingerprint density at radius 3 is 2.81 bits per heavy atom. The maximum atomic E-state index is 8.78. The van der Waals surface area contributed by atoms with Crippen LogP contribution in [0.5, 0.6) is 0 Å². The van der Waals surface area contributed by atoms with E-state index >= 15 is 0 Å². The van der Waals surface area contributed by atoms with Crippen LogP contribution in [0.3, 0.4) is 0 Å². The Morgan fingerprint density at radius 1 is 1.29 bits per heavy atom. The molecule has 2 aromatic heterocycles. The molecule has 4 N–H and O–H groups in total. The zero-order valence-corrected chi connectivity index (χ0v) is 11.1. The second-order valence-corrected chi connectivity index (χ2v) is 4.44. The largest absolute Gasteiger partial charge is 0.363 e. The molecule has 1 aromatic carbocycles. The molecule has 0 amide bonds. The van der Waals surface area contributed by atoms with Crippen LogP contribution in [0.2, 0.25) is 0 Å². The number of nitrogens with one attached hydrogen (secondary N) is 2. The average Bonchev–Trinajstić information content (AvgIpc) is 3.01. The van der Waals surface area contributed by atoms with E-state index in [-0.39, 0.29) is 0 Å². The van der Waals surface area contributed by atoms with Gasteiger partial charge >= 0.3 is 0 Å². The van der Waals surface area contributed by atoms with Crippen molar-refractivity contribution in [1.82, 2.24) is 14.4 Å². The van der Waals surface area contributed by atoms with E-state index in [1.807, 2.05) is 22.7 Å². The summed E-state index contributed by atoms with van der Waals surface area (Å²) < 4.78 is 1.84. The van der Waals surface area contributed by atoms with Gasteiger partial charge in [-0.2, -0.15) is 5.26 Å². The summed E-state index contributed by atoms with van der Waals surface area (Å²) in [4.78, 5) is 8.62. The minimum atomic E-state index is 0.544. The molecule has 0 atom stereocenters. The van der Waals surface area contributed by atoms with E-state index in [2.05, 4.69) is 26.8 Å². The van der Waals surface area contributed by atoms with Crippen LogP contribution in [0, 0.1) is 11.3 Å².